The van der Waals surface area contributed by atoms with Crippen LogP contribution in [0, 0.1) is 0 Å². The van der Waals surface area contributed by atoms with E-state index in [2.05, 4.69) is 0 Å². The lowest BCUT2D eigenvalue weighted by molar-refractivity contribution is 0.215. The molecule has 1 unspecified atom stereocenters. The first-order valence-electron chi connectivity index (χ1n) is 9.56. The van der Waals surface area contributed by atoms with E-state index in [4.69, 9.17) is 28.1 Å². The van der Waals surface area contributed by atoms with Gasteiger partial charge in [0.15, 0.2) is 5.69 Å². The largest absolute Gasteiger partial charge is 0.451 e. The highest BCUT2D eigenvalue weighted by molar-refractivity contribution is 7.14. The molecule has 0 fully saturated rings. The van der Waals surface area contributed by atoms with E-state index in [1.807, 2.05) is 12.1 Å². The molecule has 160 valence electrons. The summed E-state index contributed by atoms with van der Waals surface area (Å²) in [6, 6.07) is 22.8. The van der Waals surface area contributed by atoms with Crippen LogP contribution in [0.1, 0.15) is 0 Å². The van der Waals surface area contributed by atoms with Gasteiger partial charge in [0.05, 0.1) is 5.69 Å². The van der Waals surface area contributed by atoms with E-state index in [1.165, 1.54) is 11.3 Å². The average molecular weight is 465 g/mol. The summed E-state index contributed by atoms with van der Waals surface area (Å²) in [6.07, 6.45) is 0. The number of urea groups is 2. The van der Waals surface area contributed by atoms with Crippen LogP contribution in [0.25, 0.3) is 11.3 Å². The van der Waals surface area contributed by atoms with E-state index in [-0.39, 0.29) is 5.13 Å². The maximum Gasteiger partial charge on any atom is 0.451 e. The van der Waals surface area contributed by atoms with Crippen molar-refractivity contribution in [2.75, 3.05) is 5.01 Å². The van der Waals surface area contributed by atoms with Crippen LogP contribution in [0.4, 0.5) is 26.1 Å². The molecule has 9 heteroatoms. The normalized spacial score (nSPS) is 12.7. The molecule has 0 spiro atoms. The zero-order valence-corrected chi connectivity index (χ0v) is 18.3. The number of hydrogen-bond acceptors (Lipinski definition) is 4. The molecule has 3 aromatic carbocycles. The Labute approximate surface area is 193 Å². The fourth-order valence-electron chi connectivity index (χ4n) is 3.46. The van der Waals surface area contributed by atoms with Crippen LogP contribution in [0.5, 0.6) is 0 Å². The van der Waals surface area contributed by atoms with Gasteiger partial charge in [-0.15, -0.1) is 5.01 Å². The van der Waals surface area contributed by atoms with Crippen LogP contribution in [-0.2, 0) is 0 Å². The molecule has 0 radical (unpaired) electrons. The number of amides is 4. The van der Waals surface area contributed by atoms with Gasteiger partial charge < -0.3 is 11.5 Å². The number of quaternary nitrogens is 1. The topological polar surface area (TPSA) is 102 Å². The van der Waals surface area contributed by atoms with Gasteiger partial charge in [0.25, 0.3) is 0 Å². The summed E-state index contributed by atoms with van der Waals surface area (Å²) in [5.41, 5.74) is 14.1. The Bertz CT molecular complexity index is 1250. The van der Waals surface area contributed by atoms with Crippen LogP contribution in [0.15, 0.2) is 90.3 Å². The van der Waals surface area contributed by atoms with Gasteiger partial charge >= 0.3 is 17.2 Å². The van der Waals surface area contributed by atoms with Crippen molar-refractivity contribution in [3.05, 3.63) is 95.3 Å². The Kier molecular flexibility index (Phi) is 5.91. The minimum atomic E-state index is -0.859. The molecule has 4 N–H and O–H groups in total. The highest BCUT2D eigenvalue weighted by Crippen LogP contribution is 2.42. The number of rotatable bonds is 4. The number of thiazole rings is 1. The predicted molar refractivity (Wildman–Crippen MR) is 129 cm³/mol. The lowest BCUT2D eigenvalue weighted by Crippen LogP contribution is -2.67. The first kappa shape index (κ1) is 21.5. The number of nitrogens with zero attached hydrogens (tertiary/aromatic N) is 3. The maximum atomic E-state index is 13.2. The number of halogens is 1. The van der Waals surface area contributed by atoms with Crippen molar-refractivity contribution in [3.8, 4) is 11.3 Å². The van der Waals surface area contributed by atoms with Crippen LogP contribution in [0.2, 0.25) is 5.02 Å². The number of benzene rings is 3. The number of anilines is 1. The first-order chi connectivity index (χ1) is 15.4. The van der Waals surface area contributed by atoms with Gasteiger partial charge in [-0.05, 0) is 28.9 Å². The molecule has 1 aromatic heterocycles. The molecule has 1 heterocycles. The second-order valence-electron chi connectivity index (χ2n) is 6.82. The molecule has 4 aromatic rings. The summed E-state index contributed by atoms with van der Waals surface area (Å²) >= 11 is 7.20. The predicted octanol–water partition coefficient (Wildman–Crippen LogP) is 5.68. The van der Waals surface area contributed by atoms with E-state index >= 15 is 0 Å². The molecule has 0 saturated heterocycles. The lowest BCUT2D eigenvalue weighted by atomic mass is 10.2. The molecule has 4 rings (SSSR count). The zero-order chi connectivity index (χ0) is 22.7. The van der Waals surface area contributed by atoms with Gasteiger partial charge in [-0.3, -0.25) is 0 Å². The Morgan fingerprint density at radius 1 is 0.875 bits per heavy atom. The summed E-state index contributed by atoms with van der Waals surface area (Å²) in [6.45, 7) is 0. The molecule has 0 aliphatic rings. The molecule has 32 heavy (non-hydrogen) atoms. The summed E-state index contributed by atoms with van der Waals surface area (Å²) in [7, 11) is 0. The minimum Gasteiger partial charge on any atom is -0.347 e. The van der Waals surface area contributed by atoms with Gasteiger partial charge in [0.2, 0.25) is 0 Å². The maximum absolute atomic E-state index is 13.2. The first-order valence-corrected chi connectivity index (χ1v) is 10.8. The SMILES string of the molecule is NC(=O)N(c1ccccc1)[N+](C(N)=O)(c1ccccc1)c1nc(-c2ccc(Cl)cc2)cs1. The number of nitrogens with two attached hydrogens (primary N) is 2. The van der Waals surface area contributed by atoms with Crippen molar-refractivity contribution in [3.63, 3.8) is 0 Å². The van der Waals surface area contributed by atoms with E-state index in [9.17, 15) is 9.59 Å². The molecule has 7 nitrogen and oxygen atoms in total. The molecule has 4 amide bonds. The number of aromatic nitrogens is 1. The summed E-state index contributed by atoms with van der Waals surface area (Å²) in [5.74, 6) is 0. The average Bonchev–Trinajstić information content (AvgIpc) is 3.29. The van der Waals surface area contributed by atoms with Gasteiger partial charge in [0.1, 0.15) is 5.69 Å². The van der Waals surface area contributed by atoms with E-state index in [0.29, 0.717) is 22.1 Å². The Morgan fingerprint density at radius 2 is 1.47 bits per heavy atom. The number of hydrogen-bond donors (Lipinski definition) is 2. The van der Waals surface area contributed by atoms with E-state index in [0.717, 1.165) is 10.6 Å². The molecular weight excluding hydrogens is 446 g/mol. The van der Waals surface area contributed by atoms with Crippen LogP contribution < -0.4 is 21.1 Å². The van der Waals surface area contributed by atoms with Crippen molar-refractivity contribution in [2.45, 2.75) is 0 Å². The standard InChI is InChI=1S/C23H18ClN5O2S/c24-17-13-11-16(12-14-17)20-15-32-23(27-20)29(22(26)31,19-9-5-2-6-10-19)28(21(25)30)18-7-3-1-4-8-18/h1-15H,(H3-,25,26,30,31)/p+1. The Morgan fingerprint density at radius 3 is 2.03 bits per heavy atom. The lowest BCUT2D eigenvalue weighted by Gasteiger charge is -2.37. The van der Waals surface area contributed by atoms with Gasteiger partial charge in [-0.2, -0.15) is 4.98 Å². The smallest absolute Gasteiger partial charge is 0.347 e. The molecule has 0 aliphatic carbocycles. The minimum absolute atomic E-state index is 0.260. The fraction of sp³-hybridized carbons (Fsp3) is 0. The van der Waals surface area contributed by atoms with Crippen molar-refractivity contribution < 1.29 is 9.59 Å². The Hall–Kier alpha value is -3.72. The third kappa shape index (κ3) is 3.71. The summed E-state index contributed by atoms with van der Waals surface area (Å²) in [4.78, 5) is 30.7. The van der Waals surface area contributed by atoms with Gasteiger partial charge in [-0.1, -0.05) is 71.5 Å². The fourth-order valence-corrected chi connectivity index (χ4v) is 4.57. The molecule has 0 bridgehead atoms. The monoisotopic (exact) mass is 464 g/mol. The van der Waals surface area contributed by atoms with E-state index < -0.39 is 16.7 Å². The molecular formula is C23H19ClN5O2S+. The van der Waals surface area contributed by atoms with Gasteiger partial charge in [-0.25, -0.2) is 9.59 Å². The number of primary amides is 2. The van der Waals surface area contributed by atoms with E-state index in [1.54, 1.807) is 78.2 Å². The van der Waals surface area contributed by atoms with Crippen LogP contribution in [-0.4, -0.2) is 17.0 Å². The van der Waals surface area contributed by atoms with Crippen molar-refractivity contribution in [1.29, 1.82) is 0 Å². The Balaban J connectivity index is 1.99. The van der Waals surface area contributed by atoms with Crippen molar-refractivity contribution in [2.24, 2.45) is 11.5 Å². The summed E-state index contributed by atoms with van der Waals surface area (Å²) < 4.78 is -0.821. The quantitative estimate of drug-likeness (QED) is 0.300. The third-order valence-corrected chi connectivity index (χ3v) is 6.03. The van der Waals surface area contributed by atoms with Crippen molar-refractivity contribution in [1.82, 2.24) is 9.58 Å². The van der Waals surface area contributed by atoms with Gasteiger partial charge in [0, 0.05) is 28.1 Å². The highest BCUT2D eigenvalue weighted by Gasteiger charge is 2.53. The second-order valence-corrected chi connectivity index (χ2v) is 8.09. The third-order valence-electron chi connectivity index (χ3n) is 4.87. The molecule has 0 saturated carbocycles. The summed E-state index contributed by atoms with van der Waals surface area (Å²) in [5, 5.41) is 3.79. The molecule has 1 atom stereocenters. The van der Waals surface area contributed by atoms with Crippen LogP contribution >= 0.6 is 22.9 Å². The second kappa shape index (κ2) is 8.80. The number of para-hydroxylation sites is 2. The van der Waals surface area contributed by atoms with Crippen LogP contribution in [0.3, 0.4) is 0 Å². The molecule has 0 aliphatic heterocycles. The zero-order valence-electron chi connectivity index (χ0n) is 16.8. The van der Waals surface area contributed by atoms with Crippen molar-refractivity contribution >= 4 is 51.5 Å². The number of carbonyl (C=O) groups is 2. The highest BCUT2D eigenvalue weighted by atomic mass is 35.5. The number of carbonyl (C=O) groups excluding carboxylic acids is 2.